The second kappa shape index (κ2) is 7.95. The fraction of sp³-hybridized carbons (Fsp3) is 0.379. The Balaban J connectivity index is 2.50. The molecule has 0 aliphatic heterocycles. The van der Waals surface area contributed by atoms with Crippen LogP contribution in [0.1, 0.15) is 61.2 Å². The van der Waals surface area contributed by atoms with E-state index >= 15 is 0 Å². The molecule has 0 aromatic heterocycles. The van der Waals surface area contributed by atoms with Gasteiger partial charge in [-0.2, -0.15) is 0 Å². The van der Waals surface area contributed by atoms with Gasteiger partial charge in [-0.15, -0.1) is 0 Å². The minimum atomic E-state index is 1.23. The fourth-order valence-electron chi connectivity index (χ4n) is 4.70. The van der Waals surface area contributed by atoms with Crippen molar-refractivity contribution in [1.82, 2.24) is 0 Å². The molecular weight excluding hydrogens is 362 g/mol. The Hall–Kier alpha value is -2.54. The van der Waals surface area contributed by atoms with Crippen LogP contribution >= 0.6 is 0 Å². The van der Waals surface area contributed by atoms with Gasteiger partial charge in [0, 0.05) is 5.69 Å². The maximum Gasteiger partial charge on any atom is 0.0525 e. The van der Waals surface area contributed by atoms with Crippen LogP contribution in [0.25, 0.3) is 0 Å². The van der Waals surface area contributed by atoms with Crippen molar-refractivity contribution in [3.8, 4) is 0 Å². The van der Waals surface area contributed by atoms with Crippen LogP contribution in [-0.2, 0) is 0 Å². The Morgan fingerprint density at radius 2 is 0.633 bits per heavy atom. The lowest BCUT2D eigenvalue weighted by molar-refractivity contribution is 1.09. The minimum Gasteiger partial charge on any atom is -0.309 e. The van der Waals surface area contributed by atoms with E-state index in [4.69, 9.17) is 0 Å². The molecule has 1 heteroatoms. The molecule has 0 saturated heterocycles. The molecule has 0 N–H and O–H groups in total. The molecule has 0 unspecified atom stereocenters. The standard InChI is InChI=1S/C29H37N/c1-16-12-14-27(15-13-16)30(28-23(8)19(4)17(2)20(5)24(28)9)29-25(10)21(6)18(3)22(7)26(29)11/h12-15H,1-11H3. The van der Waals surface area contributed by atoms with Crippen molar-refractivity contribution < 1.29 is 0 Å². The Bertz CT molecular complexity index is 1000. The molecule has 0 atom stereocenters. The lowest BCUT2D eigenvalue weighted by atomic mass is 9.89. The van der Waals surface area contributed by atoms with Crippen molar-refractivity contribution in [2.45, 2.75) is 76.2 Å². The number of nitrogens with zero attached hydrogens (tertiary/aromatic N) is 1. The SMILES string of the molecule is Cc1ccc(N(c2c(C)c(C)c(C)c(C)c2C)c2c(C)c(C)c(C)c(C)c2C)cc1. The van der Waals surface area contributed by atoms with Crippen molar-refractivity contribution in [3.63, 3.8) is 0 Å². The van der Waals surface area contributed by atoms with Gasteiger partial charge in [-0.3, -0.25) is 0 Å². The van der Waals surface area contributed by atoms with Crippen molar-refractivity contribution in [1.29, 1.82) is 0 Å². The number of anilines is 3. The third kappa shape index (κ3) is 3.35. The Labute approximate surface area is 183 Å². The number of hydrogen-bond donors (Lipinski definition) is 0. The van der Waals surface area contributed by atoms with E-state index < -0.39 is 0 Å². The summed E-state index contributed by atoms with van der Waals surface area (Å²) >= 11 is 0. The molecule has 0 heterocycles. The van der Waals surface area contributed by atoms with Crippen molar-refractivity contribution in [2.75, 3.05) is 4.90 Å². The van der Waals surface area contributed by atoms with Gasteiger partial charge in [-0.25, -0.2) is 0 Å². The summed E-state index contributed by atoms with van der Waals surface area (Å²) in [6, 6.07) is 8.98. The molecule has 0 fully saturated rings. The summed E-state index contributed by atoms with van der Waals surface area (Å²) in [6.45, 7) is 24.8. The number of hydrogen-bond acceptors (Lipinski definition) is 1. The highest BCUT2D eigenvalue weighted by atomic mass is 15.2. The van der Waals surface area contributed by atoms with E-state index in [0.717, 1.165) is 0 Å². The molecule has 3 aromatic carbocycles. The zero-order valence-electron chi connectivity index (χ0n) is 20.8. The Morgan fingerprint density at radius 1 is 0.367 bits per heavy atom. The molecule has 0 amide bonds. The van der Waals surface area contributed by atoms with Gasteiger partial charge >= 0.3 is 0 Å². The van der Waals surface area contributed by atoms with Crippen LogP contribution in [0.2, 0.25) is 0 Å². The zero-order chi connectivity index (χ0) is 22.5. The van der Waals surface area contributed by atoms with Gasteiger partial charge in [0.2, 0.25) is 0 Å². The summed E-state index contributed by atoms with van der Waals surface area (Å²) in [7, 11) is 0. The average molecular weight is 400 g/mol. The minimum absolute atomic E-state index is 1.23. The molecule has 158 valence electrons. The van der Waals surface area contributed by atoms with Gasteiger partial charge in [0.1, 0.15) is 0 Å². The van der Waals surface area contributed by atoms with Crippen molar-refractivity contribution in [2.24, 2.45) is 0 Å². The molecule has 3 rings (SSSR count). The molecule has 0 aliphatic carbocycles. The number of benzene rings is 3. The molecule has 0 spiro atoms. The van der Waals surface area contributed by atoms with Crippen LogP contribution in [0.3, 0.4) is 0 Å². The third-order valence-electron chi connectivity index (χ3n) is 7.66. The number of rotatable bonds is 3. The first-order valence-electron chi connectivity index (χ1n) is 11.0. The van der Waals surface area contributed by atoms with Crippen LogP contribution in [0.4, 0.5) is 17.1 Å². The largest absolute Gasteiger partial charge is 0.309 e. The maximum atomic E-state index is 2.52. The maximum absolute atomic E-state index is 2.52. The second-order valence-corrected chi connectivity index (χ2v) is 9.12. The van der Waals surface area contributed by atoms with Crippen LogP contribution in [-0.4, -0.2) is 0 Å². The molecule has 3 aromatic rings. The van der Waals surface area contributed by atoms with Crippen LogP contribution < -0.4 is 4.90 Å². The first kappa shape index (κ1) is 22.2. The van der Waals surface area contributed by atoms with Gasteiger partial charge in [-0.05, 0) is 144 Å². The molecule has 30 heavy (non-hydrogen) atoms. The summed E-state index contributed by atoms with van der Waals surface area (Å²) in [6.07, 6.45) is 0. The molecule has 0 bridgehead atoms. The van der Waals surface area contributed by atoms with Crippen LogP contribution in [0, 0.1) is 76.2 Å². The quantitative estimate of drug-likeness (QED) is 0.426. The highest BCUT2D eigenvalue weighted by molar-refractivity contribution is 5.86. The first-order chi connectivity index (χ1) is 14.0. The predicted octanol–water partition coefficient (Wildman–Crippen LogP) is 8.55. The van der Waals surface area contributed by atoms with Gasteiger partial charge in [0.25, 0.3) is 0 Å². The van der Waals surface area contributed by atoms with E-state index in [1.807, 2.05) is 0 Å². The summed E-state index contributed by atoms with van der Waals surface area (Å²) in [5.74, 6) is 0. The zero-order valence-corrected chi connectivity index (χ0v) is 20.8. The summed E-state index contributed by atoms with van der Waals surface area (Å²) in [5, 5.41) is 0. The highest BCUT2D eigenvalue weighted by Crippen LogP contribution is 2.46. The Kier molecular flexibility index (Phi) is 5.87. The van der Waals surface area contributed by atoms with Crippen molar-refractivity contribution >= 4 is 17.1 Å². The second-order valence-electron chi connectivity index (χ2n) is 9.12. The van der Waals surface area contributed by atoms with Gasteiger partial charge in [0.15, 0.2) is 0 Å². The van der Waals surface area contributed by atoms with Crippen LogP contribution in [0.15, 0.2) is 24.3 Å². The fourth-order valence-corrected chi connectivity index (χ4v) is 4.70. The van der Waals surface area contributed by atoms with Crippen molar-refractivity contribution in [3.05, 3.63) is 85.5 Å². The molecule has 0 radical (unpaired) electrons. The van der Waals surface area contributed by atoms with E-state index in [1.54, 1.807) is 0 Å². The van der Waals surface area contributed by atoms with E-state index in [9.17, 15) is 0 Å². The molecule has 0 saturated carbocycles. The topological polar surface area (TPSA) is 3.24 Å². The highest BCUT2D eigenvalue weighted by Gasteiger charge is 2.25. The van der Waals surface area contributed by atoms with Gasteiger partial charge in [0.05, 0.1) is 11.4 Å². The molecular formula is C29H37N. The van der Waals surface area contributed by atoms with Gasteiger partial charge < -0.3 is 4.90 Å². The molecule has 0 aliphatic rings. The summed E-state index contributed by atoms with van der Waals surface area (Å²) in [4.78, 5) is 2.52. The molecule has 1 nitrogen and oxygen atoms in total. The third-order valence-corrected chi connectivity index (χ3v) is 7.66. The normalized spacial score (nSPS) is 11.2. The smallest absolute Gasteiger partial charge is 0.0525 e. The van der Waals surface area contributed by atoms with Crippen LogP contribution in [0.5, 0.6) is 0 Å². The first-order valence-corrected chi connectivity index (χ1v) is 11.0. The Morgan fingerprint density at radius 3 is 0.933 bits per heavy atom. The lowest BCUT2D eigenvalue weighted by Gasteiger charge is -2.35. The van der Waals surface area contributed by atoms with Gasteiger partial charge in [-0.1, -0.05) is 17.7 Å². The monoisotopic (exact) mass is 399 g/mol. The summed E-state index contributed by atoms with van der Waals surface area (Å²) < 4.78 is 0. The van der Waals surface area contributed by atoms with E-state index in [-0.39, 0.29) is 0 Å². The average Bonchev–Trinajstić information content (AvgIpc) is 2.73. The van der Waals surface area contributed by atoms with E-state index in [2.05, 4.69) is 105 Å². The predicted molar refractivity (Wildman–Crippen MR) is 133 cm³/mol. The lowest BCUT2D eigenvalue weighted by Crippen LogP contribution is -2.18. The van der Waals surface area contributed by atoms with E-state index in [1.165, 1.54) is 78.3 Å². The summed E-state index contributed by atoms with van der Waals surface area (Å²) in [5.41, 5.74) is 19.0. The van der Waals surface area contributed by atoms with E-state index in [0.29, 0.717) is 0 Å². The number of aryl methyl sites for hydroxylation is 1.